The molecule has 0 bridgehead atoms. The summed E-state index contributed by atoms with van der Waals surface area (Å²) in [6.07, 6.45) is -3.41. The number of hydrogen-bond acceptors (Lipinski definition) is 5. The molecule has 1 amide bonds. The molecule has 0 aliphatic rings. The van der Waals surface area contributed by atoms with Crippen LogP contribution in [0.25, 0.3) is 0 Å². The zero-order valence-electron chi connectivity index (χ0n) is 14.0. The highest BCUT2D eigenvalue weighted by atomic mass is 19.4. The van der Waals surface area contributed by atoms with Crippen LogP contribution in [0.3, 0.4) is 0 Å². The quantitative estimate of drug-likeness (QED) is 0.716. The molecule has 10 heteroatoms. The summed E-state index contributed by atoms with van der Waals surface area (Å²) < 4.78 is 46.1. The summed E-state index contributed by atoms with van der Waals surface area (Å²) in [5.41, 5.74) is -3.35. The van der Waals surface area contributed by atoms with E-state index in [4.69, 9.17) is 4.74 Å². The van der Waals surface area contributed by atoms with Crippen LogP contribution in [-0.2, 0) is 12.6 Å². The number of aryl methyl sites for hydroxylation is 1. The number of hydrogen-bond donors (Lipinski definition) is 3. The second-order valence-corrected chi connectivity index (χ2v) is 5.61. The molecule has 2 aromatic rings. The Morgan fingerprint density at radius 3 is 2.58 bits per heavy atom. The van der Waals surface area contributed by atoms with Gasteiger partial charge < -0.3 is 24.8 Å². The minimum atomic E-state index is -4.99. The highest BCUT2D eigenvalue weighted by Gasteiger charge is 2.57. The lowest BCUT2D eigenvalue weighted by molar-refractivity contribution is -0.272. The first-order chi connectivity index (χ1) is 12.1. The van der Waals surface area contributed by atoms with Crippen molar-refractivity contribution in [2.24, 2.45) is 7.05 Å². The fourth-order valence-electron chi connectivity index (χ4n) is 2.43. The van der Waals surface area contributed by atoms with Gasteiger partial charge in [-0.05, 0) is 12.1 Å². The average Bonchev–Trinajstić information content (AvgIpc) is 2.99. The SMILES string of the molecule is COc1ccc(C(=O)NCCC(O)(c2nccn2C)C(F)(F)F)c(O)c1. The molecule has 0 aliphatic carbocycles. The molecule has 7 nitrogen and oxygen atoms in total. The number of ether oxygens (including phenoxy) is 1. The largest absolute Gasteiger partial charge is 0.507 e. The second-order valence-electron chi connectivity index (χ2n) is 5.61. The van der Waals surface area contributed by atoms with Gasteiger partial charge >= 0.3 is 6.18 Å². The summed E-state index contributed by atoms with van der Waals surface area (Å²) in [7, 11) is 2.71. The molecule has 142 valence electrons. The number of benzene rings is 1. The molecule has 0 radical (unpaired) electrons. The van der Waals surface area contributed by atoms with Gasteiger partial charge in [-0.2, -0.15) is 13.2 Å². The number of nitrogens with one attached hydrogen (secondary N) is 1. The number of aromatic nitrogens is 2. The molecule has 1 aromatic heterocycles. The normalized spacial score (nSPS) is 13.9. The molecular formula is C16H18F3N3O4. The van der Waals surface area contributed by atoms with Gasteiger partial charge in [0.25, 0.3) is 5.91 Å². The number of alkyl halides is 3. The van der Waals surface area contributed by atoms with E-state index in [0.29, 0.717) is 5.75 Å². The Kier molecular flexibility index (Phi) is 5.45. The summed E-state index contributed by atoms with van der Waals surface area (Å²) in [6.45, 7) is -0.493. The van der Waals surface area contributed by atoms with Crippen LogP contribution >= 0.6 is 0 Å². The van der Waals surface area contributed by atoms with Crippen molar-refractivity contribution >= 4 is 5.91 Å². The monoisotopic (exact) mass is 373 g/mol. The Balaban J connectivity index is 2.11. The zero-order chi connectivity index (χ0) is 19.5. The number of aliphatic hydroxyl groups is 1. The van der Waals surface area contributed by atoms with E-state index >= 15 is 0 Å². The first-order valence-corrected chi connectivity index (χ1v) is 7.52. The highest BCUT2D eigenvalue weighted by Crippen LogP contribution is 2.40. The molecule has 1 aromatic carbocycles. The van der Waals surface area contributed by atoms with Crippen molar-refractivity contribution in [1.29, 1.82) is 0 Å². The Morgan fingerprint density at radius 1 is 1.38 bits per heavy atom. The molecule has 3 N–H and O–H groups in total. The van der Waals surface area contributed by atoms with Gasteiger partial charge in [-0.3, -0.25) is 4.79 Å². The van der Waals surface area contributed by atoms with Crippen LogP contribution in [-0.4, -0.2) is 45.5 Å². The van der Waals surface area contributed by atoms with Crippen molar-refractivity contribution in [3.8, 4) is 11.5 Å². The van der Waals surface area contributed by atoms with E-state index < -0.39 is 36.5 Å². The van der Waals surface area contributed by atoms with Gasteiger partial charge in [-0.25, -0.2) is 4.98 Å². The fourth-order valence-corrected chi connectivity index (χ4v) is 2.43. The summed E-state index contributed by atoms with van der Waals surface area (Å²) in [6, 6.07) is 3.90. The molecule has 0 fully saturated rings. The molecule has 0 saturated heterocycles. The van der Waals surface area contributed by atoms with Gasteiger partial charge in [0.2, 0.25) is 5.60 Å². The molecule has 26 heavy (non-hydrogen) atoms. The van der Waals surface area contributed by atoms with E-state index in [1.54, 1.807) is 0 Å². The number of rotatable bonds is 6. The van der Waals surface area contributed by atoms with Gasteiger partial charge in [0.1, 0.15) is 17.3 Å². The highest BCUT2D eigenvalue weighted by molar-refractivity contribution is 5.96. The van der Waals surface area contributed by atoms with Crippen LogP contribution < -0.4 is 10.1 Å². The van der Waals surface area contributed by atoms with E-state index in [-0.39, 0.29) is 11.3 Å². The molecule has 1 atom stereocenters. The fraction of sp³-hybridized carbons (Fsp3) is 0.375. The van der Waals surface area contributed by atoms with Crippen molar-refractivity contribution in [1.82, 2.24) is 14.9 Å². The first kappa shape index (κ1) is 19.6. The van der Waals surface area contributed by atoms with Crippen LogP contribution in [0.15, 0.2) is 30.6 Å². The van der Waals surface area contributed by atoms with Crippen LogP contribution in [0.2, 0.25) is 0 Å². The van der Waals surface area contributed by atoms with Crippen molar-refractivity contribution in [3.63, 3.8) is 0 Å². The summed E-state index contributed by atoms with van der Waals surface area (Å²) >= 11 is 0. The van der Waals surface area contributed by atoms with Gasteiger partial charge in [-0.15, -0.1) is 0 Å². The smallest absolute Gasteiger partial charge is 0.424 e. The van der Waals surface area contributed by atoms with Gasteiger partial charge in [-0.1, -0.05) is 0 Å². The number of phenolic OH excluding ortho intramolecular Hbond substituents is 1. The number of halogens is 3. The molecule has 0 spiro atoms. The molecule has 1 heterocycles. The minimum Gasteiger partial charge on any atom is -0.507 e. The summed E-state index contributed by atoms with van der Waals surface area (Å²) in [5, 5.41) is 22.2. The molecule has 2 rings (SSSR count). The standard InChI is InChI=1S/C16H18F3N3O4/c1-22-8-7-21-14(22)15(25,16(17,18)19)5-6-20-13(24)11-4-3-10(26-2)9-12(11)23/h3-4,7-9,23,25H,5-6H2,1-2H3,(H,20,24). The van der Waals surface area contributed by atoms with E-state index in [1.165, 1.54) is 38.6 Å². The van der Waals surface area contributed by atoms with Crippen molar-refractivity contribution in [3.05, 3.63) is 42.0 Å². The average molecular weight is 373 g/mol. The number of carbonyl (C=O) groups excluding carboxylic acids is 1. The predicted octanol–water partition coefficient (Wildman–Crippen LogP) is 1.70. The minimum absolute atomic E-state index is 0.127. The molecule has 0 saturated carbocycles. The maximum absolute atomic E-state index is 13.4. The molecular weight excluding hydrogens is 355 g/mol. The van der Waals surface area contributed by atoms with Gasteiger partial charge in [0.05, 0.1) is 12.7 Å². The Bertz CT molecular complexity index is 791. The first-order valence-electron chi connectivity index (χ1n) is 7.52. The van der Waals surface area contributed by atoms with E-state index in [9.17, 15) is 28.2 Å². The Morgan fingerprint density at radius 2 is 2.08 bits per heavy atom. The zero-order valence-corrected chi connectivity index (χ0v) is 14.0. The summed E-state index contributed by atoms with van der Waals surface area (Å²) in [4.78, 5) is 15.6. The number of methoxy groups -OCH3 is 1. The van der Waals surface area contributed by atoms with Crippen LogP contribution in [0.1, 0.15) is 22.6 Å². The van der Waals surface area contributed by atoms with Crippen molar-refractivity contribution in [2.75, 3.05) is 13.7 Å². The third kappa shape index (κ3) is 3.74. The lowest BCUT2D eigenvalue weighted by Gasteiger charge is -2.30. The number of imidazole rings is 1. The third-order valence-electron chi connectivity index (χ3n) is 3.88. The molecule has 1 unspecified atom stereocenters. The van der Waals surface area contributed by atoms with Crippen LogP contribution in [0, 0.1) is 0 Å². The van der Waals surface area contributed by atoms with E-state index in [0.717, 1.165) is 10.8 Å². The van der Waals surface area contributed by atoms with E-state index in [2.05, 4.69) is 10.3 Å². The Hall–Kier alpha value is -2.75. The Labute approximate surface area is 147 Å². The number of amides is 1. The van der Waals surface area contributed by atoms with Gasteiger partial charge in [0, 0.05) is 38.5 Å². The van der Waals surface area contributed by atoms with E-state index in [1.807, 2.05) is 0 Å². The van der Waals surface area contributed by atoms with Crippen molar-refractivity contribution in [2.45, 2.75) is 18.2 Å². The van der Waals surface area contributed by atoms with Crippen LogP contribution in [0.5, 0.6) is 11.5 Å². The maximum Gasteiger partial charge on any atom is 0.424 e. The third-order valence-corrected chi connectivity index (χ3v) is 3.88. The number of aromatic hydroxyl groups is 1. The number of nitrogens with zero attached hydrogens (tertiary/aromatic N) is 2. The van der Waals surface area contributed by atoms with Crippen molar-refractivity contribution < 1.29 is 32.9 Å². The lowest BCUT2D eigenvalue weighted by Crippen LogP contribution is -2.46. The number of phenols is 1. The maximum atomic E-state index is 13.4. The van der Waals surface area contributed by atoms with Gasteiger partial charge in [0.15, 0.2) is 0 Å². The topological polar surface area (TPSA) is 96.6 Å². The number of carbonyl (C=O) groups is 1. The summed E-state index contributed by atoms with van der Waals surface area (Å²) in [5.74, 6) is -1.42. The van der Waals surface area contributed by atoms with Crippen LogP contribution in [0.4, 0.5) is 13.2 Å². The molecule has 0 aliphatic heterocycles. The second kappa shape index (κ2) is 7.24. The predicted molar refractivity (Wildman–Crippen MR) is 84.8 cm³/mol. The lowest BCUT2D eigenvalue weighted by atomic mass is 9.97.